The second kappa shape index (κ2) is 7.71. The maximum Gasteiger partial charge on any atom is 0.137 e. The zero-order valence-corrected chi connectivity index (χ0v) is 17.8. The molecule has 0 aliphatic rings. The molecule has 5 aromatic heterocycles. The smallest absolute Gasteiger partial charge is 0.137 e. The monoisotopic (exact) mass is 412 g/mol. The van der Waals surface area contributed by atoms with E-state index in [0.29, 0.717) is 18.9 Å². The van der Waals surface area contributed by atoms with Crippen LogP contribution < -0.4 is 10.6 Å². The summed E-state index contributed by atoms with van der Waals surface area (Å²) in [7, 11) is 0. The average Bonchev–Trinajstić information content (AvgIpc) is 3.36. The number of pyridine rings is 2. The third-order valence-corrected chi connectivity index (χ3v) is 5.23. The quantitative estimate of drug-likeness (QED) is 0.440. The summed E-state index contributed by atoms with van der Waals surface area (Å²) in [6.07, 6.45) is 4.10. The summed E-state index contributed by atoms with van der Waals surface area (Å²) in [5.74, 6) is 2.22. The van der Waals surface area contributed by atoms with Gasteiger partial charge in [0.2, 0.25) is 0 Å². The first-order chi connectivity index (χ1) is 15.0. The maximum atomic E-state index is 4.67. The van der Waals surface area contributed by atoms with Gasteiger partial charge in [-0.15, -0.1) is 0 Å². The van der Waals surface area contributed by atoms with Crippen molar-refractivity contribution >= 4 is 22.9 Å². The van der Waals surface area contributed by atoms with E-state index < -0.39 is 0 Å². The highest BCUT2D eigenvalue weighted by molar-refractivity contribution is 5.49. The summed E-state index contributed by atoms with van der Waals surface area (Å²) in [5, 5.41) is 6.73. The molecule has 2 N–H and O–H groups in total. The summed E-state index contributed by atoms with van der Waals surface area (Å²) < 4.78 is 4.18. The number of imidazole rings is 2. The lowest BCUT2D eigenvalue weighted by molar-refractivity contribution is 0.984. The largest absolute Gasteiger partial charge is 0.364 e. The Morgan fingerprint density at radius 1 is 0.677 bits per heavy atom. The molecule has 0 spiro atoms. The van der Waals surface area contributed by atoms with E-state index in [9.17, 15) is 0 Å². The Bertz CT molecular complexity index is 1280. The molecule has 156 valence electrons. The molecule has 8 nitrogen and oxygen atoms in total. The molecule has 0 unspecified atom stereocenters. The van der Waals surface area contributed by atoms with Crippen molar-refractivity contribution in [2.45, 2.75) is 33.9 Å². The standard InChI is InChI=1S/C23H24N8/c1-15-6-4-8-22-28-18(13-30(15)22)11-24-20-10-21(27-17(3)26-20)25-12-19-14-31-16(2)7-5-9-23(31)29-19/h4-10,13-14H,11-12H2,1-3H3,(H2,24,25,26,27). The van der Waals surface area contributed by atoms with Crippen molar-refractivity contribution in [2.24, 2.45) is 0 Å². The Labute approximate surface area is 180 Å². The van der Waals surface area contributed by atoms with E-state index in [-0.39, 0.29) is 0 Å². The van der Waals surface area contributed by atoms with E-state index in [4.69, 9.17) is 0 Å². The van der Waals surface area contributed by atoms with Crippen molar-refractivity contribution in [3.05, 3.63) is 83.5 Å². The fourth-order valence-electron chi connectivity index (χ4n) is 3.68. The Hall–Kier alpha value is -3.94. The van der Waals surface area contributed by atoms with Crippen LogP contribution in [-0.2, 0) is 13.1 Å². The number of aromatic nitrogens is 6. The van der Waals surface area contributed by atoms with Gasteiger partial charge in [0.15, 0.2) is 0 Å². The van der Waals surface area contributed by atoms with Crippen LogP contribution in [0.3, 0.4) is 0 Å². The fourth-order valence-corrected chi connectivity index (χ4v) is 3.68. The molecule has 0 aromatic carbocycles. The van der Waals surface area contributed by atoms with Crippen molar-refractivity contribution in [3.63, 3.8) is 0 Å². The predicted octanol–water partition coefficient (Wildman–Crippen LogP) is 3.92. The summed E-state index contributed by atoms with van der Waals surface area (Å²) in [6.45, 7) is 7.20. The molecule has 8 heteroatoms. The first-order valence-corrected chi connectivity index (χ1v) is 10.3. The van der Waals surface area contributed by atoms with Gasteiger partial charge in [0.05, 0.1) is 24.5 Å². The maximum absolute atomic E-state index is 4.67. The Morgan fingerprint density at radius 3 is 1.61 bits per heavy atom. The van der Waals surface area contributed by atoms with Gasteiger partial charge < -0.3 is 19.4 Å². The van der Waals surface area contributed by atoms with Gasteiger partial charge in [-0.05, 0) is 45.0 Å². The predicted molar refractivity (Wildman–Crippen MR) is 121 cm³/mol. The molecule has 0 saturated carbocycles. The fraction of sp³-hybridized carbons (Fsp3) is 0.217. The van der Waals surface area contributed by atoms with Gasteiger partial charge in [-0.1, -0.05) is 12.1 Å². The molecule has 0 aliphatic carbocycles. The summed E-state index contributed by atoms with van der Waals surface area (Å²) in [5.41, 5.74) is 6.12. The summed E-state index contributed by atoms with van der Waals surface area (Å²) >= 11 is 0. The van der Waals surface area contributed by atoms with Gasteiger partial charge in [-0.3, -0.25) is 0 Å². The highest BCUT2D eigenvalue weighted by atomic mass is 15.1. The highest BCUT2D eigenvalue weighted by Gasteiger charge is 2.07. The van der Waals surface area contributed by atoms with Crippen LogP contribution in [-0.4, -0.2) is 28.7 Å². The van der Waals surface area contributed by atoms with Gasteiger partial charge in [0, 0.05) is 29.8 Å². The number of anilines is 2. The third-order valence-electron chi connectivity index (χ3n) is 5.23. The van der Waals surface area contributed by atoms with Gasteiger partial charge in [-0.25, -0.2) is 19.9 Å². The lowest BCUT2D eigenvalue weighted by atomic mass is 10.4. The molecule has 0 saturated heterocycles. The van der Waals surface area contributed by atoms with Crippen LogP contribution in [0.1, 0.15) is 28.6 Å². The van der Waals surface area contributed by atoms with E-state index in [1.807, 2.05) is 37.3 Å². The van der Waals surface area contributed by atoms with Crippen LogP contribution in [0.4, 0.5) is 11.6 Å². The van der Waals surface area contributed by atoms with E-state index >= 15 is 0 Å². The van der Waals surface area contributed by atoms with E-state index in [2.05, 4.69) is 77.7 Å². The van der Waals surface area contributed by atoms with Crippen LogP contribution in [0.25, 0.3) is 11.3 Å². The normalized spacial score (nSPS) is 11.3. The van der Waals surface area contributed by atoms with E-state index in [1.165, 1.54) is 0 Å². The SMILES string of the molecule is Cc1nc(NCc2cn3c(C)cccc3n2)cc(NCc2cn3c(C)cccc3n2)n1. The van der Waals surface area contributed by atoms with Crippen molar-refractivity contribution in [3.8, 4) is 0 Å². The molecule has 0 radical (unpaired) electrons. The molecule has 0 amide bonds. The average molecular weight is 413 g/mol. The van der Waals surface area contributed by atoms with Gasteiger partial charge in [0.1, 0.15) is 28.8 Å². The first kappa shape index (κ1) is 19.0. The number of fused-ring (bicyclic) bond motifs is 2. The van der Waals surface area contributed by atoms with Gasteiger partial charge in [-0.2, -0.15) is 0 Å². The topological polar surface area (TPSA) is 84.4 Å². The number of hydrogen-bond acceptors (Lipinski definition) is 6. The zero-order chi connectivity index (χ0) is 21.4. The number of nitrogens with zero attached hydrogens (tertiary/aromatic N) is 6. The van der Waals surface area contributed by atoms with Crippen LogP contribution in [0.15, 0.2) is 54.9 Å². The minimum absolute atomic E-state index is 0.586. The second-order valence-electron chi connectivity index (χ2n) is 7.65. The van der Waals surface area contributed by atoms with Gasteiger partial charge in [0.25, 0.3) is 0 Å². The number of hydrogen-bond donors (Lipinski definition) is 2. The van der Waals surface area contributed by atoms with Crippen molar-refractivity contribution in [1.29, 1.82) is 0 Å². The zero-order valence-electron chi connectivity index (χ0n) is 17.8. The molecular weight excluding hydrogens is 388 g/mol. The summed E-state index contributed by atoms with van der Waals surface area (Å²) in [6, 6.07) is 14.1. The molecule has 0 atom stereocenters. The minimum Gasteiger partial charge on any atom is -0.364 e. The van der Waals surface area contributed by atoms with Crippen LogP contribution in [0.5, 0.6) is 0 Å². The molecule has 0 aliphatic heterocycles. The first-order valence-electron chi connectivity index (χ1n) is 10.3. The Morgan fingerprint density at radius 2 is 1.16 bits per heavy atom. The molecule has 5 heterocycles. The highest BCUT2D eigenvalue weighted by Crippen LogP contribution is 2.15. The summed E-state index contributed by atoms with van der Waals surface area (Å²) in [4.78, 5) is 18.3. The van der Waals surface area contributed by atoms with E-state index in [0.717, 1.165) is 45.7 Å². The van der Waals surface area contributed by atoms with Crippen LogP contribution in [0, 0.1) is 20.8 Å². The molecule has 0 fully saturated rings. The molecule has 31 heavy (non-hydrogen) atoms. The Kier molecular flexibility index (Phi) is 4.74. The second-order valence-corrected chi connectivity index (χ2v) is 7.65. The molecule has 5 rings (SSSR count). The molecule has 5 aromatic rings. The number of rotatable bonds is 6. The number of nitrogens with one attached hydrogen (secondary N) is 2. The van der Waals surface area contributed by atoms with Crippen molar-refractivity contribution in [2.75, 3.05) is 10.6 Å². The number of aryl methyl sites for hydroxylation is 3. The van der Waals surface area contributed by atoms with E-state index in [1.54, 1.807) is 0 Å². The minimum atomic E-state index is 0.586. The van der Waals surface area contributed by atoms with Crippen LogP contribution >= 0.6 is 0 Å². The van der Waals surface area contributed by atoms with Crippen LogP contribution in [0.2, 0.25) is 0 Å². The lowest BCUT2D eigenvalue weighted by Crippen LogP contribution is -2.07. The molecular formula is C23H24N8. The van der Waals surface area contributed by atoms with Crippen molar-refractivity contribution in [1.82, 2.24) is 28.7 Å². The van der Waals surface area contributed by atoms with Crippen molar-refractivity contribution < 1.29 is 0 Å². The Balaban J connectivity index is 1.29. The van der Waals surface area contributed by atoms with Gasteiger partial charge >= 0.3 is 0 Å². The molecule has 0 bridgehead atoms. The third kappa shape index (κ3) is 3.92. The lowest BCUT2D eigenvalue weighted by Gasteiger charge is -2.09.